The fraction of sp³-hybridized carbons (Fsp3) is 0.278. The topological polar surface area (TPSA) is 69.4 Å². The first kappa shape index (κ1) is 19.6. The summed E-state index contributed by atoms with van der Waals surface area (Å²) in [4.78, 5) is 19.9. The number of halogens is 1. The molecule has 0 fully saturated rings. The van der Waals surface area contributed by atoms with Crippen molar-refractivity contribution in [3.63, 3.8) is 0 Å². The van der Waals surface area contributed by atoms with E-state index in [1.54, 1.807) is 0 Å². The molecule has 0 saturated heterocycles. The molecule has 0 spiro atoms. The van der Waals surface area contributed by atoms with E-state index in [-0.39, 0.29) is 11.4 Å². The summed E-state index contributed by atoms with van der Waals surface area (Å²) in [6.07, 6.45) is 2.49. The molecule has 0 N–H and O–H groups in total. The molecule has 0 bridgehead atoms. The molecule has 0 aromatic heterocycles. The molecule has 0 aliphatic heterocycles. The Morgan fingerprint density at radius 3 is 2.21 bits per heavy atom. The number of nitro benzene ring substituents is 1. The number of nitro groups is 1. The highest BCUT2D eigenvalue weighted by molar-refractivity contribution is 6.61. The maximum atomic E-state index is 10.2. The summed E-state index contributed by atoms with van der Waals surface area (Å²) in [6, 6.07) is 15.7. The number of non-ortho nitro benzene ring substituents is 1. The Bertz CT molecular complexity index is 644. The summed E-state index contributed by atoms with van der Waals surface area (Å²) in [6.45, 7) is 4.54. The summed E-state index contributed by atoms with van der Waals surface area (Å²) in [5.41, 5.74) is 0.407. The van der Waals surface area contributed by atoms with Crippen molar-refractivity contribution in [1.82, 2.24) is 0 Å². The molecule has 6 heteroatoms. The Kier molecular flexibility index (Phi) is 8.50. The molecule has 1 atom stereocenters. The number of hydrogen-bond donors (Lipinski definition) is 0. The van der Waals surface area contributed by atoms with Crippen molar-refractivity contribution >= 4 is 22.7 Å². The number of nitrogens with zero attached hydrogens (tertiary/aromatic N) is 1. The molecule has 2 aromatic carbocycles. The van der Waals surface area contributed by atoms with Crippen LogP contribution < -0.4 is 4.74 Å². The maximum absolute atomic E-state index is 10.2. The highest BCUT2D eigenvalue weighted by Gasteiger charge is 2.05. The van der Waals surface area contributed by atoms with Gasteiger partial charge in [-0.15, -0.1) is 0 Å². The molecule has 128 valence electrons. The molecule has 0 heterocycles. The lowest BCUT2D eigenvalue weighted by Crippen LogP contribution is -1.96. The summed E-state index contributed by atoms with van der Waals surface area (Å²) >= 11 is 4.92. The van der Waals surface area contributed by atoms with E-state index >= 15 is 0 Å². The third kappa shape index (κ3) is 7.74. The minimum Gasteiger partial charge on any atom is -0.414 e. The van der Waals surface area contributed by atoms with Gasteiger partial charge in [0.15, 0.2) is 0 Å². The number of benzene rings is 2. The van der Waals surface area contributed by atoms with Crippen LogP contribution in [0.25, 0.3) is 0 Å². The number of hydrogen-bond acceptors (Lipinski definition) is 4. The maximum Gasteiger partial charge on any atom is 0.409 e. The average molecular weight is 350 g/mol. The fourth-order valence-corrected chi connectivity index (χ4v) is 1.98. The molecule has 0 aliphatic rings. The van der Waals surface area contributed by atoms with Gasteiger partial charge in [0.05, 0.1) is 4.92 Å². The second-order valence-electron chi connectivity index (χ2n) is 5.29. The van der Waals surface area contributed by atoms with Crippen molar-refractivity contribution in [2.45, 2.75) is 26.7 Å². The summed E-state index contributed by atoms with van der Waals surface area (Å²) < 4.78 is 4.45. The summed E-state index contributed by atoms with van der Waals surface area (Å²) in [5.74, 6) is 0.989. The highest BCUT2D eigenvalue weighted by atomic mass is 35.5. The quantitative estimate of drug-likeness (QED) is 0.399. The molecule has 2 aromatic rings. The lowest BCUT2D eigenvalue weighted by Gasteiger charge is -2.06. The van der Waals surface area contributed by atoms with Crippen molar-refractivity contribution in [1.29, 1.82) is 0 Å². The first-order valence-electron chi connectivity index (χ1n) is 7.58. The van der Waals surface area contributed by atoms with Crippen LogP contribution in [0, 0.1) is 16.0 Å². The van der Waals surface area contributed by atoms with Crippen molar-refractivity contribution in [2.75, 3.05) is 0 Å². The highest BCUT2D eigenvalue weighted by Crippen LogP contribution is 2.17. The monoisotopic (exact) mass is 349 g/mol. The zero-order chi connectivity index (χ0) is 17.9. The molecule has 24 heavy (non-hydrogen) atoms. The zero-order valence-electron chi connectivity index (χ0n) is 13.6. The largest absolute Gasteiger partial charge is 0.414 e. The standard InChI is InChI=1S/C11H16.C7H4ClNO4/c1-3-10(2)9-11-7-5-4-6-8-11;8-7(10)13-6-3-1-5(2-4-6)9(11)12/h4-8,10H,3,9H2,1-2H3;1-4H/t10-;/m0./s1. The fourth-order valence-electron chi connectivity index (χ4n) is 1.89. The SMILES string of the molecule is CC[C@H](C)Cc1ccccc1.O=C(Cl)Oc1ccc([N+](=O)[O-])cc1. The van der Waals surface area contributed by atoms with Crippen LogP contribution in [0.4, 0.5) is 10.5 Å². The van der Waals surface area contributed by atoms with Gasteiger partial charge in [-0.25, -0.2) is 4.79 Å². The minimum atomic E-state index is -0.978. The number of carbonyl (C=O) groups excluding carboxylic acids is 1. The predicted octanol–water partition coefficient (Wildman–Crippen LogP) is 5.61. The molecular weight excluding hydrogens is 330 g/mol. The van der Waals surface area contributed by atoms with Gasteiger partial charge in [0.25, 0.3) is 5.69 Å². The first-order chi connectivity index (χ1) is 11.4. The molecule has 0 amide bonds. The van der Waals surface area contributed by atoms with Crippen molar-refractivity contribution in [2.24, 2.45) is 5.92 Å². The molecule has 0 radical (unpaired) electrons. The zero-order valence-corrected chi connectivity index (χ0v) is 14.4. The van der Waals surface area contributed by atoms with Crippen molar-refractivity contribution < 1.29 is 14.5 Å². The van der Waals surface area contributed by atoms with Gasteiger partial charge in [0, 0.05) is 23.7 Å². The Hall–Kier alpha value is -2.40. The van der Waals surface area contributed by atoms with Crippen LogP contribution in [-0.4, -0.2) is 10.4 Å². The van der Waals surface area contributed by atoms with Gasteiger partial charge in [-0.1, -0.05) is 50.6 Å². The molecule has 0 saturated carbocycles. The molecule has 0 unspecified atom stereocenters. The van der Waals surface area contributed by atoms with Crippen LogP contribution in [0.5, 0.6) is 5.75 Å². The number of carbonyl (C=O) groups is 1. The average Bonchev–Trinajstić information content (AvgIpc) is 2.56. The Morgan fingerprint density at radius 2 is 1.75 bits per heavy atom. The van der Waals surface area contributed by atoms with Gasteiger partial charge < -0.3 is 4.74 Å². The van der Waals surface area contributed by atoms with E-state index in [0.29, 0.717) is 0 Å². The van der Waals surface area contributed by atoms with Crippen LogP contribution in [0.3, 0.4) is 0 Å². The van der Waals surface area contributed by atoms with E-state index in [1.807, 2.05) is 0 Å². The number of rotatable bonds is 5. The smallest absolute Gasteiger partial charge is 0.409 e. The van der Waals surface area contributed by atoms with Crippen LogP contribution in [0.15, 0.2) is 54.6 Å². The van der Waals surface area contributed by atoms with Gasteiger partial charge in [-0.3, -0.25) is 10.1 Å². The second kappa shape index (κ2) is 10.4. The Balaban J connectivity index is 0.000000243. The second-order valence-corrected chi connectivity index (χ2v) is 5.60. The summed E-state index contributed by atoms with van der Waals surface area (Å²) in [7, 11) is 0. The normalized spacial score (nSPS) is 11.0. The lowest BCUT2D eigenvalue weighted by atomic mass is 9.99. The molecule has 0 aliphatic carbocycles. The third-order valence-corrected chi connectivity index (χ3v) is 3.45. The van der Waals surface area contributed by atoms with E-state index in [0.717, 1.165) is 5.92 Å². The van der Waals surface area contributed by atoms with E-state index in [4.69, 9.17) is 11.6 Å². The molecular formula is C18H20ClNO4. The van der Waals surface area contributed by atoms with Gasteiger partial charge in [-0.05, 0) is 30.0 Å². The van der Waals surface area contributed by atoms with Gasteiger partial charge in [0.2, 0.25) is 0 Å². The van der Waals surface area contributed by atoms with Crippen LogP contribution in [-0.2, 0) is 6.42 Å². The van der Waals surface area contributed by atoms with Crippen LogP contribution in [0.2, 0.25) is 0 Å². The van der Waals surface area contributed by atoms with Gasteiger partial charge in [-0.2, -0.15) is 0 Å². The number of ether oxygens (including phenoxy) is 1. The Morgan fingerprint density at radius 1 is 1.17 bits per heavy atom. The van der Waals surface area contributed by atoms with Gasteiger partial charge in [0.1, 0.15) is 5.75 Å². The molecule has 5 nitrogen and oxygen atoms in total. The van der Waals surface area contributed by atoms with E-state index < -0.39 is 10.4 Å². The third-order valence-electron chi connectivity index (χ3n) is 3.37. The van der Waals surface area contributed by atoms with Gasteiger partial charge >= 0.3 is 5.43 Å². The van der Waals surface area contributed by atoms with Crippen molar-refractivity contribution in [3.05, 3.63) is 70.3 Å². The predicted molar refractivity (Wildman–Crippen MR) is 94.6 cm³/mol. The van der Waals surface area contributed by atoms with Crippen LogP contribution in [0.1, 0.15) is 25.8 Å². The first-order valence-corrected chi connectivity index (χ1v) is 7.95. The van der Waals surface area contributed by atoms with Crippen LogP contribution >= 0.6 is 11.6 Å². The van der Waals surface area contributed by atoms with Crippen molar-refractivity contribution in [3.8, 4) is 5.75 Å². The Labute approximate surface area is 146 Å². The summed E-state index contributed by atoms with van der Waals surface area (Å²) in [5, 5.41) is 10.2. The van der Waals surface area contributed by atoms with E-state index in [9.17, 15) is 14.9 Å². The van der Waals surface area contributed by atoms with E-state index in [1.165, 1.54) is 42.7 Å². The molecule has 2 rings (SSSR count). The lowest BCUT2D eigenvalue weighted by molar-refractivity contribution is -0.384. The minimum absolute atomic E-state index is 0.0747. The van der Waals surface area contributed by atoms with E-state index in [2.05, 4.69) is 48.9 Å².